The van der Waals surface area contributed by atoms with Gasteiger partial charge in [-0.3, -0.25) is 0 Å². The van der Waals surface area contributed by atoms with Crippen LogP contribution >= 0.6 is 0 Å². The smallest absolute Gasteiger partial charge is 0.144 e. The topological polar surface area (TPSA) is 56.8 Å². The molecule has 3 nitrogen and oxygen atoms in total. The van der Waals surface area contributed by atoms with Crippen LogP contribution in [0.15, 0.2) is 36.4 Å². The van der Waals surface area contributed by atoms with Gasteiger partial charge in [-0.25, -0.2) is 4.39 Å². The van der Waals surface area contributed by atoms with Crippen LogP contribution in [-0.2, 0) is 6.61 Å². The molecular weight excluding hydrogens is 255 g/mol. The van der Waals surface area contributed by atoms with E-state index >= 15 is 0 Å². The molecule has 0 amide bonds. The highest BCUT2D eigenvalue weighted by Crippen LogP contribution is 2.19. The van der Waals surface area contributed by atoms with Gasteiger partial charge in [0.25, 0.3) is 0 Å². The van der Waals surface area contributed by atoms with E-state index in [1.165, 1.54) is 12.1 Å². The molecule has 0 saturated heterocycles. The minimum Gasteiger partial charge on any atom is -0.489 e. The first-order valence-corrected chi connectivity index (χ1v) is 5.96. The Morgan fingerprint density at radius 1 is 1.10 bits per heavy atom. The lowest BCUT2D eigenvalue weighted by atomic mass is 10.1. The molecule has 4 heteroatoms. The van der Waals surface area contributed by atoms with Crippen LogP contribution in [0.5, 0.6) is 5.75 Å². The molecule has 0 heterocycles. The fraction of sp³-hybridized carbons (Fsp3) is 0.125. The van der Waals surface area contributed by atoms with E-state index in [-0.39, 0.29) is 12.2 Å². The number of nitriles is 2. The highest BCUT2D eigenvalue weighted by atomic mass is 19.1. The molecule has 98 valence electrons. The van der Waals surface area contributed by atoms with E-state index in [2.05, 4.69) is 6.07 Å². The van der Waals surface area contributed by atoms with Crippen molar-refractivity contribution in [3.8, 4) is 17.9 Å². The molecule has 0 aromatic heterocycles. The predicted molar refractivity (Wildman–Crippen MR) is 71.3 cm³/mol. The SMILES string of the molecule is Cc1cc(C#N)ccc1COc1ccc(C#N)c(F)c1. The number of hydrogen-bond donors (Lipinski definition) is 0. The quantitative estimate of drug-likeness (QED) is 0.854. The van der Waals surface area contributed by atoms with Crippen molar-refractivity contribution in [2.45, 2.75) is 13.5 Å². The van der Waals surface area contributed by atoms with Gasteiger partial charge in [-0.1, -0.05) is 6.07 Å². The number of halogens is 1. The molecule has 0 aliphatic carbocycles. The van der Waals surface area contributed by atoms with Gasteiger partial charge in [-0.05, 0) is 42.3 Å². The van der Waals surface area contributed by atoms with Crippen molar-refractivity contribution in [3.63, 3.8) is 0 Å². The van der Waals surface area contributed by atoms with Gasteiger partial charge in [0.2, 0.25) is 0 Å². The highest BCUT2D eigenvalue weighted by Gasteiger charge is 2.05. The van der Waals surface area contributed by atoms with E-state index in [0.717, 1.165) is 11.1 Å². The zero-order valence-corrected chi connectivity index (χ0v) is 10.9. The van der Waals surface area contributed by atoms with Crippen LogP contribution in [0.3, 0.4) is 0 Å². The maximum absolute atomic E-state index is 13.4. The zero-order valence-electron chi connectivity index (χ0n) is 10.9. The minimum absolute atomic E-state index is 0.00750. The van der Waals surface area contributed by atoms with E-state index < -0.39 is 5.82 Å². The number of ether oxygens (including phenoxy) is 1. The molecule has 0 unspecified atom stereocenters. The first kappa shape index (κ1) is 13.6. The number of benzene rings is 2. The molecule has 0 atom stereocenters. The van der Waals surface area contributed by atoms with Gasteiger partial charge in [0, 0.05) is 6.07 Å². The van der Waals surface area contributed by atoms with Gasteiger partial charge in [-0.2, -0.15) is 10.5 Å². The molecular formula is C16H11FN2O. The van der Waals surface area contributed by atoms with Gasteiger partial charge in [0.15, 0.2) is 0 Å². The maximum atomic E-state index is 13.4. The molecule has 20 heavy (non-hydrogen) atoms. The van der Waals surface area contributed by atoms with Crippen LogP contribution in [0.2, 0.25) is 0 Å². The summed E-state index contributed by atoms with van der Waals surface area (Å²) in [4.78, 5) is 0. The summed E-state index contributed by atoms with van der Waals surface area (Å²) >= 11 is 0. The van der Waals surface area contributed by atoms with Gasteiger partial charge in [0.05, 0.1) is 17.2 Å². The fourth-order valence-electron chi connectivity index (χ4n) is 1.76. The Kier molecular flexibility index (Phi) is 3.98. The molecule has 0 radical (unpaired) electrons. The molecule has 0 fully saturated rings. The molecule has 0 N–H and O–H groups in total. The molecule has 2 aromatic carbocycles. The lowest BCUT2D eigenvalue weighted by Gasteiger charge is -2.09. The minimum atomic E-state index is -0.596. The molecule has 0 saturated carbocycles. The number of rotatable bonds is 3. The van der Waals surface area contributed by atoms with Crippen LogP contribution < -0.4 is 4.74 Å². The molecule has 0 spiro atoms. The van der Waals surface area contributed by atoms with Crippen molar-refractivity contribution >= 4 is 0 Å². The van der Waals surface area contributed by atoms with E-state index in [1.54, 1.807) is 24.3 Å². The normalized spacial score (nSPS) is 9.60. The second-order valence-corrected chi connectivity index (χ2v) is 4.30. The van der Waals surface area contributed by atoms with E-state index in [9.17, 15) is 4.39 Å². The summed E-state index contributed by atoms with van der Waals surface area (Å²) in [5.74, 6) is -0.230. The average Bonchev–Trinajstić information content (AvgIpc) is 2.46. The number of nitrogens with zero attached hydrogens (tertiary/aromatic N) is 2. The maximum Gasteiger partial charge on any atom is 0.144 e. The monoisotopic (exact) mass is 266 g/mol. The number of hydrogen-bond acceptors (Lipinski definition) is 3. The largest absolute Gasteiger partial charge is 0.489 e. The van der Waals surface area contributed by atoms with Gasteiger partial charge >= 0.3 is 0 Å². The molecule has 0 aliphatic heterocycles. The Morgan fingerprint density at radius 2 is 1.90 bits per heavy atom. The first-order valence-electron chi connectivity index (χ1n) is 5.96. The summed E-state index contributed by atoms with van der Waals surface area (Å²) in [6.07, 6.45) is 0. The second kappa shape index (κ2) is 5.86. The van der Waals surface area contributed by atoms with Crippen molar-refractivity contribution in [2.24, 2.45) is 0 Å². The Balaban J connectivity index is 2.11. The van der Waals surface area contributed by atoms with Crippen molar-refractivity contribution in [2.75, 3.05) is 0 Å². The Hall–Kier alpha value is -2.85. The fourth-order valence-corrected chi connectivity index (χ4v) is 1.76. The van der Waals surface area contributed by atoms with E-state index in [0.29, 0.717) is 11.3 Å². The Morgan fingerprint density at radius 3 is 2.50 bits per heavy atom. The van der Waals surface area contributed by atoms with Crippen LogP contribution in [0.4, 0.5) is 4.39 Å². The third kappa shape index (κ3) is 2.93. The van der Waals surface area contributed by atoms with E-state index in [1.807, 2.05) is 13.0 Å². The average molecular weight is 266 g/mol. The van der Waals surface area contributed by atoms with Gasteiger partial charge in [0.1, 0.15) is 24.2 Å². The molecule has 2 aromatic rings. The summed E-state index contributed by atoms with van der Waals surface area (Å²) in [7, 11) is 0. The second-order valence-electron chi connectivity index (χ2n) is 4.30. The van der Waals surface area contributed by atoms with Crippen molar-refractivity contribution in [3.05, 3.63) is 64.5 Å². The van der Waals surface area contributed by atoms with Crippen LogP contribution in [-0.4, -0.2) is 0 Å². The summed E-state index contributed by atoms with van der Waals surface area (Å²) in [6, 6.07) is 13.3. The Labute approximate surface area is 116 Å². The number of aryl methyl sites for hydroxylation is 1. The third-order valence-electron chi connectivity index (χ3n) is 2.93. The van der Waals surface area contributed by atoms with Crippen molar-refractivity contribution in [1.82, 2.24) is 0 Å². The summed E-state index contributed by atoms with van der Waals surface area (Å²) in [6.45, 7) is 2.17. The van der Waals surface area contributed by atoms with Gasteiger partial charge < -0.3 is 4.74 Å². The third-order valence-corrected chi connectivity index (χ3v) is 2.93. The molecule has 0 aliphatic rings. The molecule has 2 rings (SSSR count). The summed E-state index contributed by atoms with van der Waals surface area (Å²) in [5, 5.41) is 17.4. The highest BCUT2D eigenvalue weighted by molar-refractivity contribution is 5.38. The summed E-state index contributed by atoms with van der Waals surface area (Å²) in [5.41, 5.74) is 2.45. The Bertz CT molecular complexity index is 726. The lowest BCUT2D eigenvalue weighted by molar-refractivity contribution is 0.304. The van der Waals surface area contributed by atoms with E-state index in [4.69, 9.17) is 15.3 Å². The predicted octanol–water partition coefficient (Wildman–Crippen LogP) is 3.46. The van der Waals surface area contributed by atoms with Crippen molar-refractivity contribution < 1.29 is 9.13 Å². The first-order chi connectivity index (χ1) is 9.63. The molecule has 0 bridgehead atoms. The zero-order chi connectivity index (χ0) is 14.5. The van der Waals surface area contributed by atoms with Gasteiger partial charge in [-0.15, -0.1) is 0 Å². The summed E-state index contributed by atoms with van der Waals surface area (Å²) < 4.78 is 18.9. The lowest BCUT2D eigenvalue weighted by Crippen LogP contribution is -1.99. The standard InChI is InChI=1S/C16H11FN2O/c1-11-6-12(8-18)2-3-14(11)10-20-15-5-4-13(9-19)16(17)7-15/h2-7H,10H2,1H3. The van der Waals surface area contributed by atoms with Crippen molar-refractivity contribution in [1.29, 1.82) is 10.5 Å². The van der Waals surface area contributed by atoms with Crippen LogP contribution in [0.1, 0.15) is 22.3 Å². The van der Waals surface area contributed by atoms with Crippen LogP contribution in [0.25, 0.3) is 0 Å². The van der Waals surface area contributed by atoms with Crippen LogP contribution in [0, 0.1) is 35.4 Å².